The van der Waals surface area contributed by atoms with Crippen molar-refractivity contribution >= 4 is 5.82 Å². The summed E-state index contributed by atoms with van der Waals surface area (Å²) in [6.07, 6.45) is 1.69. The molecule has 0 saturated carbocycles. The van der Waals surface area contributed by atoms with Crippen LogP contribution in [0.1, 0.15) is 31.9 Å². The highest BCUT2D eigenvalue weighted by atomic mass is 16.5. The number of nitrogen functional groups attached to an aromatic ring is 1. The average molecular weight is 286 g/mol. The molecule has 0 atom stereocenters. The van der Waals surface area contributed by atoms with Crippen molar-refractivity contribution in [3.05, 3.63) is 47.7 Å². The molecule has 0 aliphatic heterocycles. The Labute approximate surface area is 125 Å². The monoisotopic (exact) mass is 286 g/mol. The maximum absolute atomic E-state index is 5.97. The van der Waals surface area contributed by atoms with Crippen LogP contribution in [0.4, 0.5) is 5.82 Å². The Morgan fingerprint density at radius 3 is 2.52 bits per heavy atom. The van der Waals surface area contributed by atoms with Crippen LogP contribution in [-0.4, -0.2) is 12.1 Å². The van der Waals surface area contributed by atoms with E-state index in [1.165, 1.54) is 0 Å². The molecule has 1 aromatic carbocycles. The highest BCUT2D eigenvalue weighted by Gasteiger charge is 2.20. The second-order valence-electron chi connectivity index (χ2n) is 5.99. The topological polar surface area (TPSA) is 57.4 Å². The minimum Gasteiger partial charge on any atom is -0.497 e. The van der Waals surface area contributed by atoms with E-state index in [1.807, 2.05) is 30.3 Å². The van der Waals surface area contributed by atoms with E-state index < -0.39 is 0 Å². The van der Waals surface area contributed by atoms with Crippen LogP contribution in [0, 0.1) is 0 Å². The lowest BCUT2D eigenvalue weighted by Crippen LogP contribution is -2.13. The minimum atomic E-state index is -0.0266. The van der Waals surface area contributed by atoms with Gasteiger partial charge in [-0.05, 0) is 41.3 Å². The molecule has 21 heavy (non-hydrogen) atoms. The first-order valence-corrected chi connectivity index (χ1v) is 6.92. The number of aromatic nitrogens is 1. The zero-order valence-electron chi connectivity index (χ0n) is 13.0. The van der Waals surface area contributed by atoms with E-state index in [9.17, 15) is 0 Å². The smallest absolute Gasteiger partial charge is 0.123 e. The first kappa shape index (κ1) is 15.2. The molecule has 2 N–H and O–H groups in total. The summed E-state index contributed by atoms with van der Waals surface area (Å²) < 4.78 is 11.3. The predicted octanol–water partition coefficient (Wildman–Crippen LogP) is 3.55. The number of methoxy groups -OCH3 is 1. The number of hydrogen-bond donors (Lipinski definition) is 1. The van der Waals surface area contributed by atoms with E-state index in [4.69, 9.17) is 15.2 Å². The molecular formula is C17H22N2O2. The third-order valence-electron chi connectivity index (χ3n) is 3.23. The molecule has 0 amide bonds. The molecule has 2 aromatic rings. The molecule has 1 heterocycles. The van der Waals surface area contributed by atoms with Gasteiger partial charge in [-0.1, -0.05) is 20.8 Å². The molecule has 0 spiro atoms. The normalized spacial score (nSPS) is 11.2. The van der Waals surface area contributed by atoms with E-state index in [-0.39, 0.29) is 5.41 Å². The number of ether oxygens (including phenoxy) is 2. The standard InChI is InChI=1S/C17H22N2O2/c1-17(2,3)14-10-13(20-4)5-6-15(14)21-11-12-7-8-19-16(18)9-12/h5-10H,11H2,1-4H3,(H2,18,19). The van der Waals surface area contributed by atoms with E-state index in [2.05, 4.69) is 25.8 Å². The highest BCUT2D eigenvalue weighted by molar-refractivity contribution is 5.44. The zero-order valence-corrected chi connectivity index (χ0v) is 13.0. The quantitative estimate of drug-likeness (QED) is 0.933. The van der Waals surface area contributed by atoms with Gasteiger partial charge in [0.15, 0.2) is 0 Å². The Bertz CT molecular complexity index is 618. The Morgan fingerprint density at radius 2 is 1.90 bits per heavy atom. The second-order valence-corrected chi connectivity index (χ2v) is 5.99. The van der Waals surface area contributed by atoms with Gasteiger partial charge < -0.3 is 15.2 Å². The number of pyridine rings is 1. The predicted molar refractivity (Wildman–Crippen MR) is 84.7 cm³/mol. The minimum absolute atomic E-state index is 0.0266. The Balaban J connectivity index is 2.23. The lowest BCUT2D eigenvalue weighted by Gasteiger charge is -2.23. The summed E-state index contributed by atoms with van der Waals surface area (Å²) in [4.78, 5) is 3.98. The van der Waals surface area contributed by atoms with Crippen LogP contribution in [0.25, 0.3) is 0 Å². The number of hydrogen-bond acceptors (Lipinski definition) is 4. The van der Waals surface area contributed by atoms with Crippen molar-refractivity contribution in [1.82, 2.24) is 4.98 Å². The summed E-state index contributed by atoms with van der Waals surface area (Å²) in [5.74, 6) is 2.20. The van der Waals surface area contributed by atoms with Crippen LogP contribution in [-0.2, 0) is 12.0 Å². The number of anilines is 1. The highest BCUT2D eigenvalue weighted by Crippen LogP contribution is 2.34. The largest absolute Gasteiger partial charge is 0.497 e. The number of benzene rings is 1. The Kier molecular flexibility index (Phi) is 4.36. The Morgan fingerprint density at radius 1 is 1.14 bits per heavy atom. The van der Waals surface area contributed by atoms with Gasteiger partial charge in [0.1, 0.15) is 23.9 Å². The third-order valence-corrected chi connectivity index (χ3v) is 3.23. The van der Waals surface area contributed by atoms with Crippen LogP contribution < -0.4 is 15.2 Å². The maximum atomic E-state index is 5.97. The lowest BCUT2D eigenvalue weighted by atomic mass is 9.86. The van der Waals surface area contributed by atoms with Gasteiger partial charge in [0.05, 0.1) is 7.11 Å². The van der Waals surface area contributed by atoms with Crippen LogP contribution in [0.5, 0.6) is 11.5 Å². The first-order valence-electron chi connectivity index (χ1n) is 6.92. The number of nitrogens with zero attached hydrogens (tertiary/aromatic N) is 1. The van der Waals surface area contributed by atoms with E-state index in [0.29, 0.717) is 12.4 Å². The van der Waals surface area contributed by atoms with Crippen molar-refractivity contribution < 1.29 is 9.47 Å². The molecule has 0 bridgehead atoms. The number of rotatable bonds is 4. The molecule has 0 unspecified atom stereocenters. The van der Waals surface area contributed by atoms with Crippen LogP contribution in [0.2, 0.25) is 0 Å². The SMILES string of the molecule is COc1ccc(OCc2ccnc(N)c2)c(C(C)(C)C)c1. The van der Waals surface area contributed by atoms with Crippen molar-refractivity contribution in [2.24, 2.45) is 0 Å². The molecule has 0 aliphatic rings. The average Bonchev–Trinajstić information content (AvgIpc) is 2.44. The third kappa shape index (κ3) is 3.88. The van der Waals surface area contributed by atoms with E-state index in [0.717, 1.165) is 22.6 Å². The summed E-state index contributed by atoms with van der Waals surface area (Å²) >= 11 is 0. The lowest BCUT2D eigenvalue weighted by molar-refractivity contribution is 0.296. The van der Waals surface area contributed by atoms with Crippen molar-refractivity contribution in [2.75, 3.05) is 12.8 Å². The van der Waals surface area contributed by atoms with Gasteiger partial charge in [-0.3, -0.25) is 0 Å². The fraction of sp³-hybridized carbons (Fsp3) is 0.353. The molecule has 0 radical (unpaired) electrons. The molecule has 112 valence electrons. The van der Waals surface area contributed by atoms with Crippen molar-refractivity contribution in [3.63, 3.8) is 0 Å². The van der Waals surface area contributed by atoms with Crippen LogP contribution in [0.3, 0.4) is 0 Å². The van der Waals surface area contributed by atoms with Crippen LogP contribution >= 0.6 is 0 Å². The second kappa shape index (κ2) is 6.04. The maximum Gasteiger partial charge on any atom is 0.123 e. The van der Waals surface area contributed by atoms with Crippen molar-refractivity contribution in [3.8, 4) is 11.5 Å². The summed E-state index contributed by atoms with van der Waals surface area (Å²) in [6, 6.07) is 9.60. The molecule has 0 aliphatic carbocycles. The van der Waals surface area contributed by atoms with Crippen molar-refractivity contribution in [1.29, 1.82) is 0 Å². The van der Waals surface area contributed by atoms with Gasteiger partial charge in [0.25, 0.3) is 0 Å². The fourth-order valence-corrected chi connectivity index (χ4v) is 2.09. The molecule has 4 nitrogen and oxygen atoms in total. The van der Waals surface area contributed by atoms with Gasteiger partial charge in [-0.2, -0.15) is 0 Å². The van der Waals surface area contributed by atoms with Gasteiger partial charge >= 0.3 is 0 Å². The Hall–Kier alpha value is -2.23. The molecular weight excluding hydrogens is 264 g/mol. The van der Waals surface area contributed by atoms with E-state index >= 15 is 0 Å². The number of nitrogens with two attached hydrogens (primary N) is 1. The molecule has 2 rings (SSSR count). The van der Waals surface area contributed by atoms with E-state index in [1.54, 1.807) is 13.3 Å². The van der Waals surface area contributed by atoms with Gasteiger partial charge in [-0.15, -0.1) is 0 Å². The molecule has 1 aromatic heterocycles. The summed E-state index contributed by atoms with van der Waals surface area (Å²) in [5.41, 5.74) is 7.77. The van der Waals surface area contributed by atoms with Gasteiger partial charge in [0.2, 0.25) is 0 Å². The summed E-state index contributed by atoms with van der Waals surface area (Å²) in [7, 11) is 1.67. The van der Waals surface area contributed by atoms with Gasteiger partial charge in [-0.25, -0.2) is 4.98 Å². The van der Waals surface area contributed by atoms with Crippen molar-refractivity contribution in [2.45, 2.75) is 32.8 Å². The fourth-order valence-electron chi connectivity index (χ4n) is 2.09. The summed E-state index contributed by atoms with van der Waals surface area (Å²) in [6.45, 7) is 6.92. The molecule has 0 saturated heterocycles. The molecule has 0 fully saturated rings. The zero-order chi connectivity index (χ0) is 15.5. The first-order chi connectivity index (χ1) is 9.90. The van der Waals surface area contributed by atoms with Crippen LogP contribution in [0.15, 0.2) is 36.5 Å². The van der Waals surface area contributed by atoms with Gasteiger partial charge in [0, 0.05) is 11.8 Å². The molecule has 4 heteroatoms. The summed E-state index contributed by atoms with van der Waals surface area (Å²) in [5, 5.41) is 0.